The Kier molecular flexibility index (Phi) is 13.7. The Labute approximate surface area is 339 Å². The second-order valence-corrected chi connectivity index (χ2v) is 14.4. The number of hydrogen-bond acceptors (Lipinski definition) is 14. The van der Waals surface area contributed by atoms with Gasteiger partial charge < -0.3 is 19.1 Å². The van der Waals surface area contributed by atoms with Gasteiger partial charge in [-0.2, -0.15) is 4.57 Å². The summed E-state index contributed by atoms with van der Waals surface area (Å²) in [4.78, 5) is 149. The number of aromatic amines is 6. The van der Waals surface area contributed by atoms with E-state index < -0.39 is 39.5 Å². The molecule has 8 rings (SSSR count). The highest BCUT2D eigenvalue weighted by atomic mass is 16.2. The first-order chi connectivity index (χ1) is 28.4. The first-order valence-corrected chi connectivity index (χ1v) is 18.0. The van der Waals surface area contributed by atoms with Gasteiger partial charge in [0.2, 0.25) is 17.7 Å². The van der Waals surface area contributed by atoms with Crippen molar-refractivity contribution in [1.29, 1.82) is 0 Å². The molecule has 0 atom stereocenters. The maximum atomic E-state index is 12.1. The van der Waals surface area contributed by atoms with Crippen LogP contribution < -0.4 is 50.3 Å². The lowest BCUT2D eigenvalue weighted by molar-refractivity contribution is -0.132. The average molecular weight is 850 g/mol. The van der Waals surface area contributed by atoms with Gasteiger partial charge in [-0.15, -0.1) is 0 Å². The van der Waals surface area contributed by atoms with Crippen LogP contribution >= 0.6 is 0 Å². The highest BCUT2D eigenvalue weighted by Gasteiger charge is 2.27. The van der Waals surface area contributed by atoms with Crippen LogP contribution in [0.15, 0.2) is 57.2 Å². The second-order valence-electron chi connectivity index (χ2n) is 14.4. The number of nitrogens with one attached hydrogen (secondary N) is 7. The van der Waals surface area contributed by atoms with E-state index in [9.17, 15) is 52.7 Å². The number of H-pyrrole nitrogens is 6. The molecule has 1 fully saturated rings. The molecule has 0 unspecified atom stereocenters. The summed E-state index contributed by atoms with van der Waals surface area (Å²) in [6.45, 7) is 8.24. The molecule has 7 aromatic rings. The largest absolute Gasteiger partial charge is 0.339 e. The van der Waals surface area contributed by atoms with Gasteiger partial charge in [0.25, 0.3) is 22.2 Å². The van der Waals surface area contributed by atoms with Crippen LogP contribution in [0.25, 0.3) is 33.5 Å². The molecule has 0 spiro atoms. The van der Waals surface area contributed by atoms with E-state index in [0.29, 0.717) is 57.5 Å². The first-order valence-electron chi connectivity index (χ1n) is 18.0. The number of piperidine rings is 1. The summed E-state index contributed by atoms with van der Waals surface area (Å²) < 4.78 is 5.81. The summed E-state index contributed by atoms with van der Waals surface area (Å²) in [6, 6.07) is 0. The van der Waals surface area contributed by atoms with E-state index in [4.69, 9.17) is 0 Å². The van der Waals surface area contributed by atoms with Gasteiger partial charge in [-0.3, -0.25) is 67.9 Å². The number of hydrogen-bond donors (Lipinski definition) is 7. The monoisotopic (exact) mass is 849 g/mol. The summed E-state index contributed by atoms with van der Waals surface area (Å²) in [5.41, 5.74) is -2.38. The first kappa shape index (κ1) is 45.6. The second kappa shape index (κ2) is 18.2. The van der Waals surface area contributed by atoms with E-state index in [0.717, 1.165) is 4.57 Å². The number of amides is 2. The molecule has 8 heterocycles. The fraction of sp³-hybridized carbons (Fsp3) is 0.371. The Hall–Kier alpha value is -8.06. The minimum absolute atomic E-state index is 0.129. The Bertz CT molecular complexity index is 3250. The third kappa shape index (κ3) is 10.5. The molecule has 1 saturated heterocycles. The van der Waals surface area contributed by atoms with Crippen molar-refractivity contribution in [2.45, 2.75) is 53.9 Å². The van der Waals surface area contributed by atoms with Gasteiger partial charge in [-0.1, -0.05) is 20.8 Å². The summed E-state index contributed by atoms with van der Waals surface area (Å²) >= 11 is 0. The Morgan fingerprint density at radius 1 is 0.656 bits per heavy atom. The van der Waals surface area contributed by atoms with Gasteiger partial charge >= 0.3 is 22.8 Å². The zero-order chi connectivity index (χ0) is 45.7. The average Bonchev–Trinajstić information content (AvgIpc) is 3.91. The van der Waals surface area contributed by atoms with Gasteiger partial charge in [-0.25, -0.2) is 34.1 Å². The number of aromatic nitrogens is 14. The summed E-state index contributed by atoms with van der Waals surface area (Å²) in [5.74, 6) is -0.330. The van der Waals surface area contributed by atoms with Crippen molar-refractivity contribution in [3.05, 3.63) is 114 Å². The third-order valence-electron chi connectivity index (χ3n) is 8.55. The SMILES string of the molecule is Cc1cn(C)c(=O)[nH]c1=O.Cc1nc2[nH]c(=O)n(C(=O)C(C)(C)C)c(=O)c2[nH]1.Cn1c(=O)[nH]c2nc[nH]c2c1=O.Cn1cnc2c1c(=O)[nH]c(=O)n2C.O=C1CCCC(=O)N1. The third-order valence-corrected chi connectivity index (χ3v) is 8.55. The van der Waals surface area contributed by atoms with Crippen LogP contribution in [0.5, 0.6) is 0 Å². The Morgan fingerprint density at radius 3 is 1.82 bits per heavy atom. The highest BCUT2D eigenvalue weighted by Crippen LogP contribution is 2.14. The number of rotatable bonds is 0. The summed E-state index contributed by atoms with van der Waals surface area (Å²) in [5, 5.41) is 2.20. The number of nitrogens with zero attached hydrogens (tertiary/aromatic N) is 8. The molecule has 7 N–H and O–H groups in total. The zero-order valence-electron chi connectivity index (χ0n) is 34.4. The lowest BCUT2D eigenvalue weighted by Gasteiger charge is -2.16. The van der Waals surface area contributed by atoms with Crippen molar-refractivity contribution in [1.82, 2.24) is 73.0 Å². The van der Waals surface area contributed by atoms with Crippen LogP contribution in [-0.2, 0) is 37.8 Å². The van der Waals surface area contributed by atoms with E-state index in [1.54, 1.807) is 60.3 Å². The molecular formula is C35H43N15O11. The maximum absolute atomic E-state index is 12.1. The van der Waals surface area contributed by atoms with Crippen LogP contribution in [-0.4, -0.2) is 85.4 Å². The topological polar surface area (TPSA) is 358 Å². The quantitative estimate of drug-likeness (QED) is 0.0777. The molecule has 2 amide bonds. The summed E-state index contributed by atoms with van der Waals surface area (Å²) in [7, 11) is 6.26. The van der Waals surface area contributed by atoms with E-state index in [1.165, 1.54) is 35.0 Å². The van der Waals surface area contributed by atoms with Crippen molar-refractivity contribution in [2.75, 3.05) is 0 Å². The number of carbonyl (C=O) groups excluding carboxylic acids is 3. The molecule has 0 aliphatic carbocycles. The molecule has 0 aromatic carbocycles. The van der Waals surface area contributed by atoms with Crippen molar-refractivity contribution >= 4 is 51.2 Å². The molecule has 61 heavy (non-hydrogen) atoms. The number of imide groups is 1. The molecule has 7 aromatic heterocycles. The molecule has 26 heteroatoms. The van der Waals surface area contributed by atoms with Gasteiger partial charge in [0, 0.05) is 58.2 Å². The molecule has 0 radical (unpaired) electrons. The standard InChI is InChI=1S/C11H14N4O3.C7H8N4O2.C6H6N4O2.C6H8N2O2.C5H7NO2/c1-5-12-6-7(13-5)14-10(18)15(8(6)16)9(17)11(2,3)4;1-10-3-8-5-4(10)6(12)9-7(13)11(5)2;1-10-5(11)3-4(8-2-7-3)9-6(10)12;1-4-3-8(2)6(10)7-5(4)9;7-4-2-1-3-5(8)6-4/h1-4H3,(H,12,13)(H,14,18);3H,1-2H3,(H,9,12,13);2H,1H3,(H,7,8)(H,9,12);3H,1-2H3,(H,7,9,10);1-3H2,(H,6,7,8). The van der Waals surface area contributed by atoms with Crippen molar-refractivity contribution in [3.63, 3.8) is 0 Å². The zero-order valence-corrected chi connectivity index (χ0v) is 34.4. The van der Waals surface area contributed by atoms with Crippen LogP contribution in [0.3, 0.4) is 0 Å². The van der Waals surface area contributed by atoms with Gasteiger partial charge in [0.1, 0.15) is 16.9 Å². The lowest BCUT2D eigenvalue weighted by Crippen LogP contribution is -2.44. The van der Waals surface area contributed by atoms with Crippen LogP contribution in [0.2, 0.25) is 0 Å². The van der Waals surface area contributed by atoms with Gasteiger partial charge in [-0.05, 0) is 20.3 Å². The molecule has 324 valence electrons. The predicted molar refractivity (Wildman–Crippen MR) is 218 cm³/mol. The van der Waals surface area contributed by atoms with E-state index in [2.05, 4.69) is 50.2 Å². The minimum Gasteiger partial charge on any atom is -0.339 e. The van der Waals surface area contributed by atoms with Crippen molar-refractivity contribution in [2.24, 2.45) is 33.6 Å². The van der Waals surface area contributed by atoms with Crippen LogP contribution in [0.4, 0.5) is 0 Å². The van der Waals surface area contributed by atoms with E-state index in [1.807, 2.05) is 0 Å². The number of fused-ring (bicyclic) bond motifs is 3. The summed E-state index contributed by atoms with van der Waals surface area (Å²) in [6.07, 6.45) is 6.09. The Balaban J connectivity index is 0.000000172. The van der Waals surface area contributed by atoms with E-state index in [-0.39, 0.29) is 39.8 Å². The predicted octanol–water partition coefficient (Wildman–Crippen LogP) is -2.49. The maximum Gasteiger partial charge on any atom is 0.337 e. The highest BCUT2D eigenvalue weighted by molar-refractivity contribution is 5.97. The molecular weight excluding hydrogens is 806 g/mol. The van der Waals surface area contributed by atoms with Gasteiger partial charge in [0.15, 0.2) is 22.5 Å². The van der Waals surface area contributed by atoms with Crippen molar-refractivity contribution < 1.29 is 14.4 Å². The smallest absolute Gasteiger partial charge is 0.337 e. The number of aryl methyl sites for hydroxylation is 5. The Morgan fingerprint density at radius 2 is 1.25 bits per heavy atom. The van der Waals surface area contributed by atoms with Crippen molar-refractivity contribution in [3.8, 4) is 0 Å². The number of imidazole rings is 3. The fourth-order valence-corrected chi connectivity index (χ4v) is 5.26. The lowest BCUT2D eigenvalue weighted by atomic mass is 9.95. The van der Waals surface area contributed by atoms with E-state index >= 15 is 0 Å². The molecule has 0 bridgehead atoms. The normalized spacial score (nSPS) is 12.3. The minimum atomic E-state index is -0.820. The fourth-order valence-electron chi connectivity index (χ4n) is 5.26. The van der Waals surface area contributed by atoms with Crippen LogP contribution in [0, 0.1) is 19.3 Å². The molecule has 26 nitrogen and oxygen atoms in total. The van der Waals surface area contributed by atoms with Crippen LogP contribution in [0.1, 0.15) is 56.2 Å². The molecule has 1 aliphatic rings. The molecule has 0 saturated carbocycles. The molecule has 1 aliphatic heterocycles. The van der Waals surface area contributed by atoms with Gasteiger partial charge in [0.05, 0.1) is 12.7 Å². The number of carbonyl (C=O) groups is 3.